The van der Waals surface area contributed by atoms with Gasteiger partial charge in [0.25, 0.3) is 0 Å². The average Bonchev–Trinajstić information content (AvgIpc) is 2.47. The number of rotatable bonds is 3. The van der Waals surface area contributed by atoms with Gasteiger partial charge < -0.3 is 9.84 Å². The van der Waals surface area contributed by atoms with Crippen LogP contribution in [-0.2, 0) is 0 Å². The summed E-state index contributed by atoms with van der Waals surface area (Å²) in [5, 5.41) is 20.0. The van der Waals surface area contributed by atoms with Crippen molar-refractivity contribution in [3.63, 3.8) is 0 Å². The molecule has 1 N–H and O–H groups in total. The first-order valence-corrected chi connectivity index (χ1v) is 6.95. The molecule has 20 heavy (non-hydrogen) atoms. The van der Waals surface area contributed by atoms with Crippen molar-refractivity contribution in [3.05, 3.63) is 29.6 Å². The maximum Gasteiger partial charge on any atom is 0.165 e. The van der Waals surface area contributed by atoms with Crippen LogP contribution < -0.4 is 4.74 Å². The molecular weight excluding hydrogens is 257 g/mol. The summed E-state index contributed by atoms with van der Waals surface area (Å²) < 4.78 is 18.6. The molecule has 1 saturated carbocycles. The predicted octanol–water partition coefficient (Wildman–Crippen LogP) is 3.59. The SMILES string of the molecule is COc1ccc(C(O)C2(C#N)CCC(C)CC2)cc1F. The number of benzene rings is 1. The normalized spacial score (nSPS) is 27.6. The van der Waals surface area contributed by atoms with E-state index in [9.17, 15) is 14.8 Å². The third-order valence-electron chi connectivity index (χ3n) is 4.40. The molecule has 0 spiro atoms. The van der Waals surface area contributed by atoms with Gasteiger partial charge in [0.15, 0.2) is 11.6 Å². The molecule has 0 aliphatic heterocycles. The van der Waals surface area contributed by atoms with E-state index in [0.29, 0.717) is 24.3 Å². The van der Waals surface area contributed by atoms with Crippen LogP contribution in [0.2, 0.25) is 0 Å². The van der Waals surface area contributed by atoms with E-state index in [4.69, 9.17) is 4.74 Å². The van der Waals surface area contributed by atoms with Crippen LogP contribution in [0.1, 0.15) is 44.3 Å². The average molecular weight is 277 g/mol. The van der Waals surface area contributed by atoms with Crippen molar-refractivity contribution >= 4 is 0 Å². The van der Waals surface area contributed by atoms with Crippen LogP contribution in [0.3, 0.4) is 0 Å². The standard InChI is InChI=1S/C16H20FNO2/c1-11-5-7-16(10-18,8-6-11)15(19)12-3-4-14(20-2)13(17)9-12/h3-4,9,11,15,19H,5-8H2,1-2H3. The molecule has 0 amide bonds. The number of nitrogens with zero attached hydrogens (tertiary/aromatic N) is 1. The number of ether oxygens (including phenoxy) is 1. The molecule has 2 rings (SSSR count). The van der Waals surface area contributed by atoms with E-state index in [0.717, 1.165) is 12.8 Å². The van der Waals surface area contributed by atoms with Crippen molar-refractivity contribution in [2.45, 2.75) is 38.7 Å². The molecule has 1 unspecified atom stereocenters. The molecule has 0 aromatic heterocycles. The highest BCUT2D eigenvalue weighted by atomic mass is 19.1. The summed E-state index contributed by atoms with van der Waals surface area (Å²) in [6.45, 7) is 2.15. The van der Waals surface area contributed by atoms with Gasteiger partial charge in [-0.25, -0.2) is 4.39 Å². The van der Waals surface area contributed by atoms with Crippen LogP contribution in [0.15, 0.2) is 18.2 Å². The number of nitriles is 1. The fourth-order valence-electron chi connectivity index (χ4n) is 2.90. The molecule has 3 nitrogen and oxygen atoms in total. The summed E-state index contributed by atoms with van der Waals surface area (Å²) in [7, 11) is 1.40. The quantitative estimate of drug-likeness (QED) is 0.918. The van der Waals surface area contributed by atoms with Crippen LogP contribution in [0.5, 0.6) is 5.75 Å². The Labute approximate surface area is 119 Å². The summed E-state index contributed by atoms with van der Waals surface area (Å²) in [4.78, 5) is 0. The molecule has 1 fully saturated rings. The third-order valence-corrected chi connectivity index (χ3v) is 4.40. The van der Waals surface area contributed by atoms with Gasteiger partial charge in [0, 0.05) is 0 Å². The Hall–Kier alpha value is -1.60. The predicted molar refractivity (Wildman–Crippen MR) is 73.6 cm³/mol. The van der Waals surface area contributed by atoms with Crippen LogP contribution in [0.4, 0.5) is 4.39 Å². The zero-order valence-electron chi connectivity index (χ0n) is 11.9. The lowest BCUT2D eigenvalue weighted by atomic mass is 9.67. The van der Waals surface area contributed by atoms with Gasteiger partial charge in [-0.3, -0.25) is 0 Å². The molecule has 0 radical (unpaired) electrons. The zero-order chi connectivity index (χ0) is 14.8. The number of aliphatic hydroxyl groups excluding tert-OH is 1. The van der Waals surface area contributed by atoms with Gasteiger partial charge in [0.2, 0.25) is 0 Å². The fourth-order valence-corrected chi connectivity index (χ4v) is 2.90. The lowest BCUT2D eigenvalue weighted by Crippen LogP contribution is -2.32. The van der Waals surface area contributed by atoms with Crippen molar-refractivity contribution in [3.8, 4) is 11.8 Å². The lowest BCUT2D eigenvalue weighted by molar-refractivity contribution is 0.0264. The first-order chi connectivity index (χ1) is 9.52. The largest absolute Gasteiger partial charge is 0.494 e. The highest BCUT2D eigenvalue weighted by Gasteiger charge is 2.41. The van der Waals surface area contributed by atoms with Gasteiger partial charge in [-0.05, 0) is 49.3 Å². The summed E-state index contributed by atoms with van der Waals surface area (Å²) in [5.74, 6) is 0.210. The van der Waals surface area contributed by atoms with E-state index < -0.39 is 17.3 Å². The lowest BCUT2D eigenvalue weighted by Gasteiger charge is -2.37. The van der Waals surface area contributed by atoms with Gasteiger partial charge in [-0.2, -0.15) is 5.26 Å². The topological polar surface area (TPSA) is 53.2 Å². The van der Waals surface area contributed by atoms with Crippen molar-refractivity contribution in [1.29, 1.82) is 5.26 Å². The Morgan fingerprint density at radius 2 is 2.10 bits per heavy atom. The molecule has 1 aliphatic carbocycles. The summed E-state index contributed by atoms with van der Waals surface area (Å²) in [5.41, 5.74) is -0.354. The van der Waals surface area contributed by atoms with Crippen molar-refractivity contribution in [2.24, 2.45) is 11.3 Å². The minimum Gasteiger partial charge on any atom is -0.494 e. The molecule has 1 atom stereocenters. The highest BCUT2D eigenvalue weighted by Crippen LogP contribution is 2.47. The molecule has 1 aromatic carbocycles. The molecule has 4 heteroatoms. The molecule has 0 heterocycles. The summed E-state index contributed by atoms with van der Waals surface area (Å²) in [6.07, 6.45) is 2.19. The molecule has 0 saturated heterocycles. The Kier molecular flexibility index (Phi) is 4.29. The van der Waals surface area contributed by atoms with Crippen molar-refractivity contribution in [1.82, 2.24) is 0 Å². The van der Waals surface area contributed by atoms with Gasteiger partial charge in [-0.1, -0.05) is 13.0 Å². The Morgan fingerprint density at radius 1 is 1.45 bits per heavy atom. The zero-order valence-corrected chi connectivity index (χ0v) is 11.9. The third kappa shape index (κ3) is 2.64. The van der Waals surface area contributed by atoms with Gasteiger partial charge in [-0.15, -0.1) is 0 Å². The van der Waals surface area contributed by atoms with Crippen LogP contribution in [0, 0.1) is 28.5 Å². The molecule has 0 bridgehead atoms. The minimum atomic E-state index is -0.958. The van der Waals surface area contributed by atoms with E-state index in [2.05, 4.69) is 13.0 Å². The van der Waals surface area contributed by atoms with E-state index in [1.807, 2.05) is 0 Å². The maximum absolute atomic E-state index is 13.7. The molecule has 1 aliphatic rings. The molecular formula is C16H20FNO2. The number of aliphatic hydroxyl groups is 1. The van der Waals surface area contributed by atoms with Crippen LogP contribution >= 0.6 is 0 Å². The number of hydrogen-bond acceptors (Lipinski definition) is 3. The van der Waals surface area contributed by atoms with E-state index in [1.54, 1.807) is 6.07 Å². The monoisotopic (exact) mass is 277 g/mol. The molecule has 1 aromatic rings. The second kappa shape index (κ2) is 5.80. The smallest absolute Gasteiger partial charge is 0.165 e. The van der Waals surface area contributed by atoms with Crippen molar-refractivity contribution in [2.75, 3.05) is 7.11 Å². The van der Waals surface area contributed by atoms with E-state index in [1.165, 1.54) is 19.2 Å². The molecule has 108 valence electrons. The highest BCUT2D eigenvalue weighted by molar-refractivity contribution is 5.32. The van der Waals surface area contributed by atoms with Crippen molar-refractivity contribution < 1.29 is 14.2 Å². The van der Waals surface area contributed by atoms with E-state index >= 15 is 0 Å². The Bertz CT molecular complexity index is 516. The van der Waals surface area contributed by atoms with Crippen LogP contribution in [-0.4, -0.2) is 12.2 Å². The fraction of sp³-hybridized carbons (Fsp3) is 0.562. The first kappa shape index (κ1) is 14.8. The maximum atomic E-state index is 13.7. The van der Waals surface area contributed by atoms with Gasteiger partial charge in [0.1, 0.15) is 0 Å². The number of methoxy groups -OCH3 is 1. The summed E-state index contributed by atoms with van der Waals surface area (Å²) in [6, 6.07) is 6.66. The second-order valence-electron chi connectivity index (χ2n) is 5.75. The minimum absolute atomic E-state index is 0.143. The summed E-state index contributed by atoms with van der Waals surface area (Å²) >= 11 is 0. The van der Waals surface area contributed by atoms with Gasteiger partial charge in [0.05, 0.1) is 24.7 Å². The number of halogens is 1. The Morgan fingerprint density at radius 3 is 2.60 bits per heavy atom. The van der Waals surface area contributed by atoms with Gasteiger partial charge >= 0.3 is 0 Å². The first-order valence-electron chi connectivity index (χ1n) is 6.95. The number of hydrogen-bond donors (Lipinski definition) is 1. The van der Waals surface area contributed by atoms with Crippen LogP contribution in [0.25, 0.3) is 0 Å². The second-order valence-corrected chi connectivity index (χ2v) is 5.75. The van der Waals surface area contributed by atoms with E-state index in [-0.39, 0.29) is 5.75 Å². The Balaban J connectivity index is 2.27.